The molecule has 0 aromatic heterocycles. The van der Waals surface area contributed by atoms with Gasteiger partial charge in [0.1, 0.15) is 0 Å². The zero-order chi connectivity index (χ0) is 18.9. The predicted molar refractivity (Wildman–Crippen MR) is 112 cm³/mol. The third kappa shape index (κ3) is 5.67. The first kappa shape index (κ1) is 19.6. The van der Waals surface area contributed by atoms with Gasteiger partial charge in [-0.15, -0.1) is 0 Å². The average Bonchev–Trinajstić information content (AvgIpc) is 2.74. The van der Waals surface area contributed by atoms with Crippen LogP contribution in [0.2, 0.25) is 0 Å². The number of piperazine rings is 1. The van der Waals surface area contributed by atoms with Crippen LogP contribution >= 0.6 is 0 Å². The lowest BCUT2D eigenvalue weighted by molar-refractivity contribution is -0.133. The van der Waals surface area contributed by atoms with Gasteiger partial charge in [0.05, 0.1) is 0 Å². The molecular weight excluding hydrogens is 332 g/mol. The van der Waals surface area contributed by atoms with Gasteiger partial charge in [0, 0.05) is 38.5 Å². The summed E-state index contributed by atoms with van der Waals surface area (Å²) < 4.78 is 0. The lowest BCUT2D eigenvalue weighted by atomic mass is 9.88. The SMILES string of the molecule is CCCCCN1CCN(C(=O)CC(c2ccccc2)c2ccccc2)CC1. The number of carbonyl (C=O) groups excluding carboxylic acids is 1. The second-order valence-corrected chi connectivity index (χ2v) is 7.51. The minimum absolute atomic E-state index is 0.127. The molecule has 0 atom stereocenters. The topological polar surface area (TPSA) is 23.6 Å². The van der Waals surface area contributed by atoms with E-state index in [2.05, 4.69) is 65.3 Å². The van der Waals surface area contributed by atoms with E-state index in [1.165, 1.54) is 36.9 Å². The third-order valence-corrected chi connectivity index (χ3v) is 5.59. The summed E-state index contributed by atoms with van der Waals surface area (Å²) in [6.45, 7) is 7.16. The zero-order valence-electron chi connectivity index (χ0n) is 16.5. The number of hydrogen-bond donors (Lipinski definition) is 0. The molecule has 0 aliphatic carbocycles. The van der Waals surface area contributed by atoms with Gasteiger partial charge >= 0.3 is 0 Å². The normalized spacial score (nSPS) is 15.3. The Kier molecular flexibility index (Phi) is 7.46. The Morgan fingerprint density at radius 2 is 1.41 bits per heavy atom. The quantitative estimate of drug-likeness (QED) is 0.642. The van der Waals surface area contributed by atoms with E-state index in [0.29, 0.717) is 6.42 Å². The molecule has 0 bridgehead atoms. The fourth-order valence-corrected chi connectivity index (χ4v) is 3.91. The van der Waals surface area contributed by atoms with Crippen molar-refractivity contribution in [1.82, 2.24) is 9.80 Å². The van der Waals surface area contributed by atoms with Crippen LogP contribution in [0.4, 0.5) is 0 Å². The van der Waals surface area contributed by atoms with E-state index in [9.17, 15) is 4.79 Å². The minimum Gasteiger partial charge on any atom is -0.340 e. The van der Waals surface area contributed by atoms with Gasteiger partial charge in [-0.05, 0) is 24.1 Å². The lowest BCUT2D eigenvalue weighted by Gasteiger charge is -2.35. The van der Waals surface area contributed by atoms with Crippen LogP contribution in [0, 0.1) is 0 Å². The van der Waals surface area contributed by atoms with Crippen molar-refractivity contribution in [2.75, 3.05) is 32.7 Å². The van der Waals surface area contributed by atoms with Crippen LogP contribution in [0.3, 0.4) is 0 Å². The van der Waals surface area contributed by atoms with Gasteiger partial charge in [0.15, 0.2) is 0 Å². The Morgan fingerprint density at radius 3 is 1.93 bits per heavy atom. The van der Waals surface area contributed by atoms with Crippen LogP contribution < -0.4 is 0 Å². The second kappa shape index (κ2) is 10.3. The van der Waals surface area contributed by atoms with E-state index in [-0.39, 0.29) is 11.8 Å². The number of amides is 1. The highest BCUT2D eigenvalue weighted by Gasteiger charge is 2.25. The number of benzene rings is 2. The van der Waals surface area contributed by atoms with Crippen molar-refractivity contribution in [1.29, 1.82) is 0 Å². The van der Waals surface area contributed by atoms with E-state index in [1.54, 1.807) is 0 Å². The van der Waals surface area contributed by atoms with Crippen molar-refractivity contribution in [3.05, 3.63) is 71.8 Å². The number of nitrogens with zero attached hydrogens (tertiary/aromatic N) is 2. The van der Waals surface area contributed by atoms with Crippen molar-refractivity contribution < 1.29 is 4.79 Å². The summed E-state index contributed by atoms with van der Waals surface area (Å²) in [5.74, 6) is 0.406. The van der Waals surface area contributed by atoms with Gasteiger partial charge < -0.3 is 4.90 Å². The Bertz CT molecular complexity index is 639. The Balaban J connectivity index is 1.61. The van der Waals surface area contributed by atoms with E-state index < -0.39 is 0 Å². The van der Waals surface area contributed by atoms with Crippen molar-refractivity contribution >= 4 is 5.91 Å². The van der Waals surface area contributed by atoms with Crippen molar-refractivity contribution in [2.24, 2.45) is 0 Å². The Labute approximate surface area is 164 Å². The summed E-state index contributed by atoms with van der Waals surface area (Å²) in [5, 5.41) is 0. The Hall–Kier alpha value is -2.13. The monoisotopic (exact) mass is 364 g/mol. The van der Waals surface area contributed by atoms with E-state index in [1.807, 2.05) is 12.1 Å². The fraction of sp³-hybridized carbons (Fsp3) is 0.458. The van der Waals surface area contributed by atoms with Crippen LogP contribution in [0.15, 0.2) is 60.7 Å². The summed E-state index contributed by atoms with van der Waals surface area (Å²) in [7, 11) is 0. The van der Waals surface area contributed by atoms with Crippen molar-refractivity contribution in [3.8, 4) is 0 Å². The van der Waals surface area contributed by atoms with Gasteiger partial charge in [0.25, 0.3) is 0 Å². The number of rotatable bonds is 8. The molecule has 0 spiro atoms. The van der Waals surface area contributed by atoms with Gasteiger partial charge in [-0.1, -0.05) is 80.4 Å². The molecule has 144 valence electrons. The average molecular weight is 365 g/mol. The molecule has 1 saturated heterocycles. The lowest BCUT2D eigenvalue weighted by Crippen LogP contribution is -2.49. The maximum absolute atomic E-state index is 13.0. The molecular formula is C24H32N2O. The van der Waals surface area contributed by atoms with Gasteiger partial charge in [0.2, 0.25) is 5.91 Å². The molecule has 2 aromatic rings. The maximum atomic E-state index is 13.0. The molecule has 0 unspecified atom stereocenters. The summed E-state index contributed by atoms with van der Waals surface area (Å²) in [4.78, 5) is 17.6. The van der Waals surface area contributed by atoms with Crippen molar-refractivity contribution in [2.45, 2.75) is 38.5 Å². The Morgan fingerprint density at radius 1 is 0.852 bits per heavy atom. The smallest absolute Gasteiger partial charge is 0.223 e. The largest absolute Gasteiger partial charge is 0.340 e. The number of hydrogen-bond acceptors (Lipinski definition) is 2. The van der Waals surface area contributed by atoms with Crippen molar-refractivity contribution in [3.63, 3.8) is 0 Å². The standard InChI is InChI=1S/C24H32N2O/c1-2-3-10-15-25-16-18-26(19-17-25)24(27)20-23(21-11-6-4-7-12-21)22-13-8-5-9-14-22/h4-9,11-14,23H,2-3,10,15-20H2,1H3. The minimum atomic E-state index is 0.127. The molecule has 0 radical (unpaired) electrons. The predicted octanol–water partition coefficient (Wildman–Crippen LogP) is 4.54. The second-order valence-electron chi connectivity index (χ2n) is 7.51. The summed E-state index contributed by atoms with van der Waals surface area (Å²) in [6, 6.07) is 20.8. The van der Waals surface area contributed by atoms with Gasteiger partial charge in [-0.25, -0.2) is 0 Å². The maximum Gasteiger partial charge on any atom is 0.223 e. The highest BCUT2D eigenvalue weighted by Crippen LogP contribution is 2.28. The zero-order valence-corrected chi connectivity index (χ0v) is 16.5. The first-order valence-corrected chi connectivity index (χ1v) is 10.4. The van der Waals surface area contributed by atoms with E-state index >= 15 is 0 Å². The van der Waals surface area contributed by atoms with Gasteiger partial charge in [-0.3, -0.25) is 9.69 Å². The molecule has 1 aliphatic heterocycles. The fourth-order valence-electron chi connectivity index (χ4n) is 3.91. The molecule has 1 amide bonds. The van der Waals surface area contributed by atoms with Crippen LogP contribution in [0.5, 0.6) is 0 Å². The van der Waals surface area contributed by atoms with Crippen LogP contribution in [-0.2, 0) is 4.79 Å². The molecule has 3 nitrogen and oxygen atoms in total. The first-order chi connectivity index (χ1) is 13.3. The molecule has 3 heteroatoms. The molecule has 0 saturated carbocycles. The first-order valence-electron chi connectivity index (χ1n) is 10.4. The van der Waals surface area contributed by atoms with E-state index in [4.69, 9.17) is 0 Å². The van der Waals surface area contributed by atoms with Crippen LogP contribution in [0.25, 0.3) is 0 Å². The molecule has 1 heterocycles. The molecule has 0 N–H and O–H groups in total. The molecule has 1 fully saturated rings. The molecule has 2 aromatic carbocycles. The van der Waals surface area contributed by atoms with Crippen LogP contribution in [-0.4, -0.2) is 48.4 Å². The third-order valence-electron chi connectivity index (χ3n) is 5.59. The summed E-state index contributed by atoms with van der Waals surface area (Å²) in [6.07, 6.45) is 4.38. The van der Waals surface area contributed by atoms with Crippen LogP contribution in [0.1, 0.15) is 49.7 Å². The molecule has 1 aliphatic rings. The highest BCUT2D eigenvalue weighted by molar-refractivity contribution is 5.78. The number of unbranched alkanes of at least 4 members (excludes halogenated alkanes) is 2. The van der Waals surface area contributed by atoms with Gasteiger partial charge in [-0.2, -0.15) is 0 Å². The number of carbonyl (C=O) groups is 1. The molecule has 3 rings (SSSR count). The van der Waals surface area contributed by atoms with E-state index in [0.717, 1.165) is 26.2 Å². The highest BCUT2D eigenvalue weighted by atomic mass is 16.2. The summed E-state index contributed by atoms with van der Waals surface area (Å²) in [5.41, 5.74) is 2.44. The summed E-state index contributed by atoms with van der Waals surface area (Å²) >= 11 is 0. The molecule has 27 heavy (non-hydrogen) atoms.